The van der Waals surface area contributed by atoms with Crippen LogP contribution in [0.1, 0.15) is 11.4 Å². The number of carbonyl (C=O) groups is 2. The number of hydrogen-bond acceptors (Lipinski definition) is 8. The fourth-order valence-corrected chi connectivity index (χ4v) is 3.59. The van der Waals surface area contributed by atoms with Crippen molar-refractivity contribution in [2.24, 2.45) is 5.92 Å². The molecule has 1 atom stereocenters. The molecule has 1 aliphatic rings. The number of thiazole rings is 1. The second-order valence-corrected chi connectivity index (χ2v) is 7.84. The molecule has 3 aromatic rings. The van der Waals surface area contributed by atoms with Crippen LogP contribution in [0.25, 0.3) is 10.6 Å². The van der Waals surface area contributed by atoms with E-state index in [-0.39, 0.29) is 11.8 Å². The summed E-state index contributed by atoms with van der Waals surface area (Å²) in [5.74, 6) is 0.757. The zero-order valence-electron chi connectivity index (χ0n) is 16.1. The van der Waals surface area contributed by atoms with Crippen LogP contribution in [0.5, 0.6) is 11.5 Å². The molecule has 0 saturated carbocycles. The van der Waals surface area contributed by atoms with E-state index in [1.165, 1.54) is 6.20 Å². The lowest BCUT2D eigenvalue weighted by Crippen LogP contribution is -2.38. The van der Waals surface area contributed by atoms with Gasteiger partial charge in [-0.3, -0.25) is 20.4 Å². The van der Waals surface area contributed by atoms with E-state index in [4.69, 9.17) is 9.47 Å². The van der Waals surface area contributed by atoms with Gasteiger partial charge in [0.15, 0.2) is 0 Å². The molecule has 4 rings (SSSR count). The summed E-state index contributed by atoms with van der Waals surface area (Å²) in [5, 5.41) is 5.79. The van der Waals surface area contributed by atoms with E-state index in [2.05, 4.69) is 25.6 Å². The molecule has 0 radical (unpaired) electrons. The fourth-order valence-electron chi connectivity index (χ4n) is 2.84. The average Bonchev–Trinajstić information content (AvgIpc) is 3.42. The van der Waals surface area contributed by atoms with Crippen molar-refractivity contribution in [2.75, 3.05) is 18.5 Å². The van der Waals surface area contributed by atoms with Crippen molar-refractivity contribution in [3.63, 3.8) is 0 Å². The van der Waals surface area contributed by atoms with Crippen molar-refractivity contribution in [2.45, 2.75) is 13.3 Å². The Morgan fingerprint density at radius 1 is 1.17 bits per heavy atom. The molecule has 9 nitrogen and oxygen atoms in total. The maximum absolute atomic E-state index is 12.0. The number of nitrogens with zero attached hydrogens (tertiary/aromatic N) is 3. The number of aromatic nitrogens is 3. The molecule has 0 aliphatic carbocycles. The lowest BCUT2D eigenvalue weighted by molar-refractivity contribution is -0.123. The molecule has 1 unspecified atom stereocenters. The number of amides is 3. The van der Waals surface area contributed by atoms with Gasteiger partial charge in [0.25, 0.3) is 0 Å². The van der Waals surface area contributed by atoms with Crippen molar-refractivity contribution < 1.29 is 19.1 Å². The van der Waals surface area contributed by atoms with Gasteiger partial charge in [-0.25, -0.2) is 14.8 Å². The second-order valence-electron chi connectivity index (χ2n) is 6.61. The number of hydrogen-bond donors (Lipinski definition) is 2. The number of pyridine rings is 2. The summed E-state index contributed by atoms with van der Waals surface area (Å²) in [6.07, 6.45) is 5.55. The third-order valence-corrected chi connectivity index (χ3v) is 5.29. The topological polar surface area (TPSA) is 115 Å². The minimum atomic E-state index is -0.633. The molecular weight excluding hydrogens is 406 g/mol. The van der Waals surface area contributed by atoms with Crippen molar-refractivity contribution in [3.8, 4) is 22.1 Å². The van der Waals surface area contributed by atoms with Crippen LogP contribution in [-0.4, -0.2) is 40.1 Å². The van der Waals surface area contributed by atoms with Gasteiger partial charge in [-0.05, 0) is 31.5 Å². The van der Waals surface area contributed by atoms with Crippen LogP contribution in [0.4, 0.5) is 10.6 Å². The van der Waals surface area contributed by atoms with Gasteiger partial charge in [-0.1, -0.05) is 0 Å². The van der Waals surface area contributed by atoms with Gasteiger partial charge in [0.05, 0.1) is 34.3 Å². The van der Waals surface area contributed by atoms with E-state index in [0.29, 0.717) is 37.0 Å². The highest BCUT2D eigenvalue weighted by atomic mass is 32.1. The summed E-state index contributed by atoms with van der Waals surface area (Å²) in [4.78, 5) is 37.6. The zero-order valence-corrected chi connectivity index (χ0v) is 16.9. The maximum Gasteiger partial charge on any atom is 0.327 e. The lowest BCUT2D eigenvalue weighted by atomic mass is 10.1. The Bertz CT molecular complexity index is 1050. The number of urea groups is 1. The predicted octanol–water partition coefficient (Wildman–Crippen LogP) is 3.39. The van der Waals surface area contributed by atoms with Crippen molar-refractivity contribution >= 4 is 29.1 Å². The molecule has 30 heavy (non-hydrogen) atoms. The highest BCUT2D eigenvalue weighted by Crippen LogP contribution is 2.28. The van der Waals surface area contributed by atoms with Crippen LogP contribution in [0.2, 0.25) is 0 Å². The Morgan fingerprint density at radius 3 is 2.77 bits per heavy atom. The van der Waals surface area contributed by atoms with E-state index in [1.54, 1.807) is 41.9 Å². The highest BCUT2D eigenvalue weighted by molar-refractivity contribution is 7.15. The lowest BCUT2D eigenvalue weighted by Gasteiger charge is -2.10. The molecule has 10 heteroatoms. The monoisotopic (exact) mass is 425 g/mol. The van der Waals surface area contributed by atoms with E-state index in [1.807, 2.05) is 13.0 Å². The van der Waals surface area contributed by atoms with Gasteiger partial charge in [-0.2, -0.15) is 0 Å². The standard InChI is InChI=1S/C20H19N5O4S/c1-12-22-10-17(30-12)16-8-14(4-6-21-16)29-15-2-3-18(23-9-15)24-20(27)25-19(26)13-5-7-28-11-13/h2-4,6,8-10,13H,5,7,11H2,1H3,(H2,23,24,25,26,27). The molecule has 154 valence electrons. The number of carbonyl (C=O) groups excluding carboxylic acids is 2. The first kappa shape index (κ1) is 19.9. The minimum Gasteiger partial charge on any atom is -0.456 e. The fraction of sp³-hybridized carbons (Fsp3) is 0.250. The summed E-state index contributed by atoms with van der Waals surface area (Å²) in [5.41, 5.74) is 0.776. The average molecular weight is 425 g/mol. The molecule has 4 heterocycles. The molecule has 3 aromatic heterocycles. The molecule has 1 saturated heterocycles. The normalized spacial score (nSPS) is 15.6. The summed E-state index contributed by atoms with van der Waals surface area (Å²) in [6.45, 7) is 2.81. The molecule has 0 spiro atoms. The summed E-state index contributed by atoms with van der Waals surface area (Å²) in [6, 6.07) is 6.20. The first-order chi connectivity index (χ1) is 14.6. The summed E-state index contributed by atoms with van der Waals surface area (Å²) in [7, 11) is 0. The number of imide groups is 1. The van der Waals surface area contributed by atoms with Gasteiger partial charge < -0.3 is 9.47 Å². The third-order valence-electron chi connectivity index (χ3n) is 4.36. The number of anilines is 1. The highest BCUT2D eigenvalue weighted by Gasteiger charge is 2.24. The molecule has 0 bridgehead atoms. The van der Waals surface area contributed by atoms with E-state index in [0.717, 1.165) is 15.6 Å². The van der Waals surface area contributed by atoms with Crippen molar-refractivity contribution in [1.29, 1.82) is 0 Å². The molecule has 2 N–H and O–H groups in total. The van der Waals surface area contributed by atoms with Crippen LogP contribution in [0, 0.1) is 12.8 Å². The number of rotatable bonds is 5. The zero-order chi connectivity index (χ0) is 20.9. The SMILES string of the molecule is Cc1ncc(-c2cc(Oc3ccc(NC(=O)NC(=O)C4CCOC4)nc3)ccn2)s1. The van der Waals surface area contributed by atoms with E-state index in [9.17, 15) is 9.59 Å². The van der Waals surface area contributed by atoms with Crippen molar-refractivity contribution in [1.82, 2.24) is 20.3 Å². The number of aryl methyl sites for hydroxylation is 1. The largest absolute Gasteiger partial charge is 0.456 e. The first-order valence-corrected chi connectivity index (χ1v) is 10.1. The molecule has 1 aliphatic heterocycles. The van der Waals surface area contributed by atoms with Crippen LogP contribution in [-0.2, 0) is 9.53 Å². The maximum atomic E-state index is 12.0. The Kier molecular flexibility index (Phi) is 5.96. The Hall–Kier alpha value is -3.37. The Morgan fingerprint density at radius 2 is 2.07 bits per heavy atom. The molecule has 1 fully saturated rings. The van der Waals surface area contributed by atoms with Crippen LogP contribution < -0.4 is 15.4 Å². The van der Waals surface area contributed by atoms with Crippen LogP contribution in [0.3, 0.4) is 0 Å². The minimum absolute atomic E-state index is 0.293. The number of nitrogens with one attached hydrogen (secondary N) is 2. The van der Waals surface area contributed by atoms with Gasteiger partial charge in [0, 0.05) is 25.1 Å². The van der Waals surface area contributed by atoms with E-state index < -0.39 is 6.03 Å². The second kappa shape index (κ2) is 8.97. The third kappa shape index (κ3) is 4.97. The smallest absolute Gasteiger partial charge is 0.327 e. The number of ether oxygens (including phenoxy) is 2. The summed E-state index contributed by atoms with van der Waals surface area (Å²) < 4.78 is 11.0. The van der Waals surface area contributed by atoms with Crippen LogP contribution >= 0.6 is 11.3 Å². The van der Waals surface area contributed by atoms with Crippen molar-refractivity contribution in [3.05, 3.63) is 47.9 Å². The van der Waals surface area contributed by atoms with Gasteiger partial charge in [0.2, 0.25) is 5.91 Å². The molecule has 3 amide bonds. The van der Waals surface area contributed by atoms with Gasteiger partial charge in [-0.15, -0.1) is 11.3 Å². The predicted molar refractivity (Wildman–Crippen MR) is 110 cm³/mol. The molecule has 0 aromatic carbocycles. The van der Waals surface area contributed by atoms with Crippen LogP contribution in [0.15, 0.2) is 42.9 Å². The van der Waals surface area contributed by atoms with Gasteiger partial charge in [0.1, 0.15) is 17.3 Å². The van der Waals surface area contributed by atoms with E-state index >= 15 is 0 Å². The Labute approximate surface area is 176 Å². The van der Waals surface area contributed by atoms with Gasteiger partial charge >= 0.3 is 6.03 Å². The first-order valence-electron chi connectivity index (χ1n) is 9.29. The molecular formula is C20H19N5O4S. The Balaban J connectivity index is 1.34. The quantitative estimate of drug-likeness (QED) is 0.644. The summed E-state index contributed by atoms with van der Waals surface area (Å²) >= 11 is 1.56.